The van der Waals surface area contributed by atoms with Crippen LogP contribution in [0, 0.1) is 11.8 Å². The summed E-state index contributed by atoms with van der Waals surface area (Å²) in [5, 5.41) is 14.8. The number of amides is 1. The highest BCUT2D eigenvalue weighted by Crippen LogP contribution is 2.40. The minimum atomic E-state index is 0.184. The van der Waals surface area contributed by atoms with Gasteiger partial charge in [-0.3, -0.25) is 9.69 Å². The van der Waals surface area contributed by atoms with Crippen LogP contribution < -0.4 is 5.32 Å². The lowest BCUT2D eigenvalue weighted by molar-refractivity contribution is -0.121. The molecule has 1 aliphatic carbocycles. The van der Waals surface area contributed by atoms with E-state index in [1.807, 2.05) is 7.05 Å². The molecule has 2 heterocycles. The Balaban J connectivity index is 1.37. The SMILES string of the molecule is CC1CC1CC(=O)NCc1cccc2c1CCN(Cc1nnnn1C)C2. The molecule has 1 N–H and O–H groups in total. The van der Waals surface area contributed by atoms with Crippen LogP contribution in [0.1, 0.15) is 42.3 Å². The molecule has 1 aliphatic heterocycles. The van der Waals surface area contributed by atoms with E-state index in [1.165, 1.54) is 23.1 Å². The zero-order valence-electron chi connectivity index (χ0n) is 15.5. The molecular weight excluding hydrogens is 328 g/mol. The number of rotatable bonds is 6. The van der Waals surface area contributed by atoms with Crippen molar-refractivity contribution in [1.82, 2.24) is 30.4 Å². The number of aryl methyl sites for hydroxylation is 1. The van der Waals surface area contributed by atoms with Crippen molar-refractivity contribution in [2.45, 2.75) is 45.8 Å². The predicted molar refractivity (Wildman–Crippen MR) is 96.8 cm³/mol. The lowest BCUT2D eigenvalue weighted by atomic mass is 9.94. The van der Waals surface area contributed by atoms with Gasteiger partial charge in [-0.15, -0.1) is 5.10 Å². The molecule has 7 nitrogen and oxygen atoms in total. The Kier molecular flexibility index (Phi) is 4.72. The van der Waals surface area contributed by atoms with E-state index >= 15 is 0 Å². The van der Waals surface area contributed by atoms with Gasteiger partial charge in [-0.2, -0.15) is 0 Å². The van der Waals surface area contributed by atoms with Crippen molar-refractivity contribution in [2.24, 2.45) is 18.9 Å². The number of tetrazole rings is 1. The molecule has 4 rings (SSSR count). The van der Waals surface area contributed by atoms with Crippen molar-refractivity contribution in [1.29, 1.82) is 0 Å². The second-order valence-corrected chi connectivity index (χ2v) is 7.69. The van der Waals surface area contributed by atoms with E-state index < -0.39 is 0 Å². The molecule has 1 amide bonds. The van der Waals surface area contributed by atoms with Gasteiger partial charge in [0.15, 0.2) is 5.82 Å². The fourth-order valence-electron chi connectivity index (χ4n) is 3.82. The normalized spacial score (nSPS) is 22.1. The molecule has 0 bridgehead atoms. The lowest BCUT2D eigenvalue weighted by Crippen LogP contribution is -2.32. The topological polar surface area (TPSA) is 75.9 Å². The molecule has 2 atom stereocenters. The molecule has 2 aromatic rings. The summed E-state index contributed by atoms with van der Waals surface area (Å²) in [6.07, 6.45) is 2.87. The van der Waals surface area contributed by atoms with Gasteiger partial charge in [0.05, 0.1) is 6.54 Å². The Morgan fingerprint density at radius 3 is 2.96 bits per heavy atom. The van der Waals surface area contributed by atoms with Crippen LogP contribution in [0.2, 0.25) is 0 Å². The number of benzene rings is 1. The molecule has 2 aliphatic rings. The fourth-order valence-corrected chi connectivity index (χ4v) is 3.82. The minimum absolute atomic E-state index is 0.184. The lowest BCUT2D eigenvalue weighted by Gasteiger charge is -2.29. The molecule has 1 aromatic heterocycles. The Labute approximate surface area is 153 Å². The highest BCUT2D eigenvalue weighted by Gasteiger charge is 2.34. The first-order valence-corrected chi connectivity index (χ1v) is 9.40. The molecule has 2 unspecified atom stereocenters. The molecule has 26 heavy (non-hydrogen) atoms. The number of aromatic nitrogens is 4. The number of nitrogens with zero attached hydrogens (tertiary/aromatic N) is 5. The third kappa shape index (κ3) is 3.77. The van der Waals surface area contributed by atoms with Crippen LogP contribution in [-0.4, -0.2) is 37.6 Å². The van der Waals surface area contributed by atoms with Crippen LogP contribution in [0.3, 0.4) is 0 Å². The molecule has 0 spiro atoms. The van der Waals surface area contributed by atoms with Crippen LogP contribution >= 0.6 is 0 Å². The number of hydrogen-bond acceptors (Lipinski definition) is 5. The summed E-state index contributed by atoms with van der Waals surface area (Å²) in [6.45, 7) is 5.47. The first kappa shape index (κ1) is 17.1. The largest absolute Gasteiger partial charge is 0.352 e. The van der Waals surface area contributed by atoms with Crippen LogP contribution in [0.5, 0.6) is 0 Å². The summed E-state index contributed by atoms with van der Waals surface area (Å²) in [7, 11) is 1.87. The van der Waals surface area contributed by atoms with E-state index in [0.29, 0.717) is 18.9 Å². The maximum atomic E-state index is 12.1. The molecule has 0 saturated heterocycles. The molecule has 7 heteroatoms. The van der Waals surface area contributed by atoms with Crippen LogP contribution in [0.4, 0.5) is 0 Å². The monoisotopic (exact) mass is 354 g/mol. The number of fused-ring (bicyclic) bond motifs is 1. The Morgan fingerprint density at radius 1 is 1.38 bits per heavy atom. The second kappa shape index (κ2) is 7.15. The summed E-state index contributed by atoms with van der Waals surface area (Å²) in [6, 6.07) is 6.42. The third-order valence-electron chi connectivity index (χ3n) is 5.71. The number of nitrogens with one attached hydrogen (secondary N) is 1. The Hall–Kier alpha value is -2.28. The summed E-state index contributed by atoms with van der Waals surface area (Å²) in [5.41, 5.74) is 3.98. The molecule has 1 fully saturated rings. The van der Waals surface area contributed by atoms with Crippen molar-refractivity contribution >= 4 is 5.91 Å². The van der Waals surface area contributed by atoms with Gasteiger partial charge in [0, 0.05) is 33.1 Å². The molecule has 1 saturated carbocycles. The summed E-state index contributed by atoms with van der Waals surface area (Å²) in [4.78, 5) is 14.5. The summed E-state index contributed by atoms with van der Waals surface area (Å²) < 4.78 is 1.72. The highest BCUT2D eigenvalue weighted by molar-refractivity contribution is 5.76. The number of carbonyl (C=O) groups is 1. The van der Waals surface area contributed by atoms with Crippen LogP contribution in [-0.2, 0) is 37.9 Å². The van der Waals surface area contributed by atoms with Gasteiger partial charge in [0.25, 0.3) is 0 Å². The van der Waals surface area contributed by atoms with Crippen molar-refractivity contribution < 1.29 is 4.79 Å². The third-order valence-corrected chi connectivity index (χ3v) is 5.71. The summed E-state index contributed by atoms with van der Waals surface area (Å²) in [5.74, 6) is 2.39. The van der Waals surface area contributed by atoms with Gasteiger partial charge in [-0.25, -0.2) is 4.68 Å². The van der Waals surface area contributed by atoms with Crippen molar-refractivity contribution in [3.8, 4) is 0 Å². The average molecular weight is 354 g/mol. The van der Waals surface area contributed by atoms with E-state index in [4.69, 9.17) is 0 Å². The van der Waals surface area contributed by atoms with Gasteiger partial charge in [-0.1, -0.05) is 25.1 Å². The van der Waals surface area contributed by atoms with E-state index in [1.54, 1.807) is 4.68 Å². The van der Waals surface area contributed by atoms with Crippen LogP contribution in [0.15, 0.2) is 18.2 Å². The van der Waals surface area contributed by atoms with Gasteiger partial charge < -0.3 is 5.32 Å². The highest BCUT2D eigenvalue weighted by atomic mass is 16.1. The maximum absolute atomic E-state index is 12.1. The van der Waals surface area contributed by atoms with E-state index in [2.05, 4.69) is 50.9 Å². The zero-order chi connectivity index (χ0) is 18.1. The quantitative estimate of drug-likeness (QED) is 0.849. The van der Waals surface area contributed by atoms with E-state index in [9.17, 15) is 4.79 Å². The Bertz CT molecular complexity index is 801. The van der Waals surface area contributed by atoms with Crippen molar-refractivity contribution in [2.75, 3.05) is 6.54 Å². The van der Waals surface area contributed by atoms with E-state index in [-0.39, 0.29) is 5.91 Å². The van der Waals surface area contributed by atoms with Gasteiger partial charge in [-0.05, 0) is 51.8 Å². The molecular formula is C19H26N6O. The average Bonchev–Trinajstić information content (AvgIpc) is 3.17. The first-order chi connectivity index (χ1) is 12.6. The van der Waals surface area contributed by atoms with Crippen molar-refractivity contribution in [3.05, 3.63) is 40.7 Å². The minimum Gasteiger partial charge on any atom is -0.352 e. The molecule has 1 aromatic carbocycles. The van der Waals surface area contributed by atoms with Gasteiger partial charge >= 0.3 is 0 Å². The van der Waals surface area contributed by atoms with Crippen LogP contribution in [0.25, 0.3) is 0 Å². The summed E-state index contributed by atoms with van der Waals surface area (Å²) >= 11 is 0. The molecule has 138 valence electrons. The molecule has 0 radical (unpaired) electrons. The van der Waals surface area contributed by atoms with Crippen molar-refractivity contribution in [3.63, 3.8) is 0 Å². The van der Waals surface area contributed by atoms with E-state index in [0.717, 1.165) is 37.8 Å². The maximum Gasteiger partial charge on any atom is 0.220 e. The van der Waals surface area contributed by atoms with Gasteiger partial charge in [0.1, 0.15) is 0 Å². The zero-order valence-corrected chi connectivity index (χ0v) is 15.5. The number of carbonyl (C=O) groups excluding carboxylic acids is 1. The smallest absolute Gasteiger partial charge is 0.220 e. The predicted octanol–water partition coefficient (Wildman–Crippen LogP) is 1.43. The van der Waals surface area contributed by atoms with Gasteiger partial charge in [0.2, 0.25) is 5.91 Å². The number of hydrogen-bond donors (Lipinski definition) is 1. The Morgan fingerprint density at radius 2 is 2.23 bits per heavy atom. The fraction of sp³-hybridized carbons (Fsp3) is 0.579. The second-order valence-electron chi connectivity index (χ2n) is 7.69. The first-order valence-electron chi connectivity index (χ1n) is 9.40. The standard InChI is InChI=1S/C19H26N6O/c1-13-8-16(13)9-19(26)20-10-14-4-3-5-15-11-25(7-6-17(14)15)12-18-21-22-23-24(18)2/h3-5,13,16H,6-12H2,1-2H3,(H,20,26).